The van der Waals surface area contributed by atoms with Crippen molar-refractivity contribution in [2.24, 2.45) is 0 Å². The fourth-order valence-electron chi connectivity index (χ4n) is 3.46. The van der Waals surface area contributed by atoms with Crippen LogP contribution in [0.1, 0.15) is 56.4 Å². The Morgan fingerprint density at radius 2 is 2.14 bits per heavy atom. The molecule has 1 aromatic rings. The highest BCUT2D eigenvalue weighted by Gasteiger charge is 2.43. The molecule has 1 aliphatic heterocycles. The predicted molar refractivity (Wildman–Crippen MR) is 83.0 cm³/mol. The third kappa shape index (κ3) is 2.90. The van der Waals surface area contributed by atoms with Crippen molar-refractivity contribution in [2.75, 3.05) is 0 Å². The Morgan fingerprint density at radius 1 is 1.38 bits per heavy atom. The van der Waals surface area contributed by atoms with E-state index in [0.717, 1.165) is 32.1 Å². The topological polar surface area (TPSA) is 49.4 Å². The molecule has 5 heteroatoms. The van der Waals surface area contributed by atoms with Gasteiger partial charge in [0.1, 0.15) is 0 Å². The predicted octanol–water partition coefficient (Wildman–Crippen LogP) is 2.86. The van der Waals surface area contributed by atoms with E-state index < -0.39 is 0 Å². The van der Waals surface area contributed by atoms with Gasteiger partial charge in [-0.1, -0.05) is 25.8 Å². The van der Waals surface area contributed by atoms with Gasteiger partial charge in [-0.2, -0.15) is 0 Å². The molecule has 0 spiro atoms. The molecule has 2 unspecified atom stereocenters. The molecule has 2 aliphatic rings. The fraction of sp³-hybridized carbons (Fsp3) is 0.625. The van der Waals surface area contributed by atoms with E-state index in [4.69, 9.17) is 0 Å². The van der Waals surface area contributed by atoms with Crippen LogP contribution in [0.5, 0.6) is 0 Å². The zero-order chi connectivity index (χ0) is 14.8. The maximum Gasteiger partial charge on any atom is 0.247 e. The minimum atomic E-state index is -0.342. The number of rotatable bonds is 5. The number of carbonyl (C=O) groups excluding carboxylic acids is 2. The molecule has 21 heavy (non-hydrogen) atoms. The molecule has 2 heterocycles. The Morgan fingerprint density at radius 3 is 2.76 bits per heavy atom. The molecule has 4 nitrogen and oxygen atoms in total. The van der Waals surface area contributed by atoms with Crippen LogP contribution in [-0.2, 0) is 9.59 Å². The van der Waals surface area contributed by atoms with Crippen LogP contribution >= 0.6 is 11.3 Å². The Labute approximate surface area is 129 Å². The van der Waals surface area contributed by atoms with Gasteiger partial charge in [0.25, 0.3) is 0 Å². The van der Waals surface area contributed by atoms with Crippen molar-refractivity contribution in [3.63, 3.8) is 0 Å². The Hall–Kier alpha value is -1.20. The Kier molecular flexibility index (Phi) is 4.40. The molecule has 2 atom stereocenters. The number of nitrogens with zero attached hydrogens (tertiary/aromatic N) is 1. The van der Waals surface area contributed by atoms with Crippen LogP contribution in [0.15, 0.2) is 17.5 Å². The van der Waals surface area contributed by atoms with E-state index in [0.29, 0.717) is 6.42 Å². The van der Waals surface area contributed by atoms with Gasteiger partial charge in [-0.05, 0) is 30.7 Å². The molecule has 0 bridgehead atoms. The minimum Gasteiger partial charge on any atom is -0.298 e. The minimum absolute atomic E-state index is 0.00503. The van der Waals surface area contributed by atoms with Crippen LogP contribution in [0, 0.1) is 0 Å². The van der Waals surface area contributed by atoms with Crippen molar-refractivity contribution in [1.29, 1.82) is 0 Å². The summed E-state index contributed by atoms with van der Waals surface area (Å²) >= 11 is 1.69. The summed E-state index contributed by atoms with van der Waals surface area (Å²) in [6, 6.07) is 4.08. The van der Waals surface area contributed by atoms with Gasteiger partial charge in [-0.15, -0.1) is 11.3 Å². The molecule has 1 aromatic heterocycles. The third-order valence-electron chi connectivity index (χ3n) is 4.57. The largest absolute Gasteiger partial charge is 0.298 e. The summed E-state index contributed by atoms with van der Waals surface area (Å²) in [6.45, 7) is 2.10. The van der Waals surface area contributed by atoms with Gasteiger partial charge in [-0.3, -0.25) is 19.8 Å². The van der Waals surface area contributed by atoms with E-state index in [1.165, 1.54) is 4.88 Å². The van der Waals surface area contributed by atoms with Gasteiger partial charge in [0.05, 0.1) is 12.5 Å². The maximum atomic E-state index is 12.6. The smallest absolute Gasteiger partial charge is 0.247 e. The molecule has 0 aromatic carbocycles. The van der Waals surface area contributed by atoms with E-state index >= 15 is 0 Å². The summed E-state index contributed by atoms with van der Waals surface area (Å²) in [5.74, 6) is -0.00709. The highest BCUT2D eigenvalue weighted by Crippen LogP contribution is 2.30. The molecule has 2 amide bonds. The second-order valence-corrected chi connectivity index (χ2v) is 6.92. The Balaban J connectivity index is 1.69. The van der Waals surface area contributed by atoms with Crippen LogP contribution in [0.4, 0.5) is 0 Å². The van der Waals surface area contributed by atoms with Crippen molar-refractivity contribution < 1.29 is 9.59 Å². The van der Waals surface area contributed by atoms with Gasteiger partial charge >= 0.3 is 0 Å². The van der Waals surface area contributed by atoms with Gasteiger partial charge in [0.2, 0.25) is 11.8 Å². The van der Waals surface area contributed by atoms with Crippen LogP contribution in [0.25, 0.3) is 0 Å². The van der Waals surface area contributed by atoms with E-state index in [9.17, 15) is 9.59 Å². The quantitative estimate of drug-likeness (QED) is 0.851. The standard InChI is InChI=1S/C16H22N2O2S/c1-2-12(14-8-5-9-21-14)17-13-10-15(19)18(16(13)20)11-6-3-4-7-11/h5,8-9,11-13,17H,2-4,6-7,10H2,1H3. The molecule has 114 valence electrons. The molecule has 1 saturated carbocycles. The number of imide groups is 1. The molecule has 1 aliphatic carbocycles. The van der Waals surface area contributed by atoms with Gasteiger partial charge < -0.3 is 0 Å². The third-order valence-corrected chi connectivity index (χ3v) is 5.56. The van der Waals surface area contributed by atoms with Crippen molar-refractivity contribution in [3.8, 4) is 0 Å². The summed E-state index contributed by atoms with van der Waals surface area (Å²) in [5, 5.41) is 5.45. The fourth-order valence-corrected chi connectivity index (χ4v) is 4.33. The number of likely N-dealkylation sites (tertiary alicyclic amines) is 1. The summed E-state index contributed by atoms with van der Waals surface area (Å²) < 4.78 is 0. The second-order valence-electron chi connectivity index (χ2n) is 5.94. The lowest BCUT2D eigenvalue weighted by molar-refractivity contribution is -0.141. The number of hydrogen-bond donors (Lipinski definition) is 1. The van der Waals surface area contributed by atoms with E-state index in [-0.39, 0.29) is 29.9 Å². The van der Waals surface area contributed by atoms with Gasteiger partial charge in [0.15, 0.2) is 0 Å². The highest BCUT2D eigenvalue weighted by atomic mass is 32.1. The van der Waals surface area contributed by atoms with Crippen LogP contribution < -0.4 is 5.32 Å². The summed E-state index contributed by atoms with van der Waals surface area (Å²) in [5.41, 5.74) is 0. The molecular formula is C16H22N2O2S. The molecular weight excluding hydrogens is 284 g/mol. The first-order valence-electron chi connectivity index (χ1n) is 7.86. The van der Waals surface area contributed by atoms with E-state index in [2.05, 4.69) is 18.3 Å². The number of hydrogen-bond acceptors (Lipinski definition) is 4. The monoisotopic (exact) mass is 306 g/mol. The Bertz CT molecular complexity index is 508. The summed E-state index contributed by atoms with van der Waals surface area (Å²) in [4.78, 5) is 27.6. The SMILES string of the molecule is CCC(NC1CC(=O)N(C2CCCC2)C1=O)c1cccs1. The van der Waals surface area contributed by atoms with Crippen LogP contribution in [-0.4, -0.2) is 28.8 Å². The number of thiophene rings is 1. The van der Waals surface area contributed by atoms with Crippen LogP contribution in [0.3, 0.4) is 0 Å². The molecule has 2 fully saturated rings. The lowest BCUT2D eigenvalue weighted by atomic mass is 10.1. The van der Waals surface area contributed by atoms with E-state index in [1.807, 2.05) is 11.4 Å². The number of amides is 2. The zero-order valence-electron chi connectivity index (χ0n) is 12.4. The molecule has 1 saturated heterocycles. The van der Waals surface area contributed by atoms with Crippen molar-refractivity contribution in [2.45, 2.75) is 63.6 Å². The number of nitrogens with one attached hydrogen (secondary N) is 1. The average molecular weight is 306 g/mol. The van der Waals surface area contributed by atoms with Crippen molar-refractivity contribution >= 4 is 23.2 Å². The molecule has 0 radical (unpaired) electrons. The second kappa shape index (κ2) is 6.28. The first-order valence-corrected chi connectivity index (χ1v) is 8.74. The van der Waals surface area contributed by atoms with E-state index in [1.54, 1.807) is 16.2 Å². The van der Waals surface area contributed by atoms with Crippen molar-refractivity contribution in [3.05, 3.63) is 22.4 Å². The maximum absolute atomic E-state index is 12.6. The molecule has 3 rings (SSSR count). The van der Waals surface area contributed by atoms with Crippen molar-refractivity contribution in [1.82, 2.24) is 10.2 Å². The lowest BCUT2D eigenvalue weighted by Gasteiger charge is -2.23. The average Bonchev–Trinajstić information content (AvgIpc) is 3.18. The normalized spacial score (nSPS) is 25.0. The lowest BCUT2D eigenvalue weighted by Crippen LogP contribution is -2.43. The highest BCUT2D eigenvalue weighted by molar-refractivity contribution is 7.10. The molecule has 1 N–H and O–H groups in total. The summed E-state index contributed by atoms with van der Waals surface area (Å²) in [6.07, 6.45) is 5.46. The zero-order valence-corrected chi connectivity index (χ0v) is 13.2. The first-order chi connectivity index (χ1) is 10.2. The van der Waals surface area contributed by atoms with Crippen LogP contribution in [0.2, 0.25) is 0 Å². The summed E-state index contributed by atoms with van der Waals surface area (Å²) in [7, 11) is 0. The number of carbonyl (C=O) groups is 2. The first kappa shape index (κ1) is 14.7. The van der Waals surface area contributed by atoms with Gasteiger partial charge in [-0.25, -0.2) is 0 Å². The van der Waals surface area contributed by atoms with Gasteiger partial charge in [0, 0.05) is 17.0 Å².